The first-order chi connectivity index (χ1) is 3.50. The van der Waals surface area contributed by atoms with Gasteiger partial charge in [0, 0.05) is 4.15 Å². The Labute approximate surface area is 51.8 Å². The van der Waals surface area contributed by atoms with Crippen LogP contribution in [0.2, 0.25) is 0 Å². The van der Waals surface area contributed by atoms with Crippen molar-refractivity contribution in [1.29, 1.82) is 5.26 Å². The van der Waals surface area contributed by atoms with E-state index in [1.807, 2.05) is 0 Å². The van der Waals surface area contributed by atoms with Crippen LogP contribution in [0.25, 0.3) is 0 Å². The normalized spacial score (nSPS) is 11.5. The van der Waals surface area contributed by atoms with Crippen molar-refractivity contribution < 1.29 is 13.3 Å². The molecule has 8 heavy (non-hydrogen) atoms. The zero-order valence-electron chi connectivity index (χ0n) is 3.41. The van der Waals surface area contributed by atoms with Gasteiger partial charge in [0.2, 0.25) is 0 Å². The fourth-order valence-corrected chi connectivity index (χ4v) is 0.117. The first-order valence-corrected chi connectivity index (χ1v) is 2.12. The van der Waals surface area contributed by atoms with E-state index in [1.54, 1.807) is 16.1 Å². The van der Waals surface area contributed by atoms with Gasteiger partial charge in [0.05, 0.1) is 16.1 Å². The first-order valence-electron chi connectivity index (χ1n) is 1.41. The lowest BCUT2D eigenvalue weighted by Crippen LogP contribution is -2.24. The highest BCUT2D eigenvalue weighted by atomic mass is 79.9. The van der Waals surface area contributed by atoms with Crippen LogP contribution in [0.4, 0.5) is 13.3 Å². The Morgan fingerprint density at radius 3 is 2.00 bits per heavy atom. The van der Waals surface area contributed by atoms with E-state index in [9.17, 15) is 13.3 Å². The van der Waals surface area contributed by atoms with Crippen molar-refractivity contribution in [1.82, 2.24) is 4.15 Å². The highest BCUT2D eigenvalue weighted by Crippen LogP contribution is 2.21. The smallest absolute Gasteiger partial charge is 0.190 e. The second-order valence-electron chi connectivity index (χ2n) is 0.886. The molecule has 0 aromatic heterocycles. The molecule has 0 rings (SSSR count). The highest BCUT2D eigenvalue weighted by molar-refractivity contribution is 9.07. The van der Waals surface area contributed by atoms with Gasteiger partial charge in [-0.2, -0.15) is 14.0 Å². The third-order valence-corrected chi connectivity index (χ3v) is 0.792. The Hall–Kier alpha value is -0.280. The molecule has 0 radical (unpaired) electrons. The predicted octanol–water partition coefficient (Wildman–Crippen LogP) is 1.60. The van der Waals surface area contributed by atoms with Gasteiger partial charge >= 0.3 is 6.05 Å². The molecule has 0 N–H and O–H groups in total. The first kappa shape index (κ1) is 7.72. The van der Waals surface area contributed by atoms with E-state index in [2.05, 4.69) is 0 Å². The molecule has 0 amide bonds. The summed E-state index contributed by atoms with van der Waals surface area (Å²) in [5.74, 6) is 0. The van der Waals surface area contributed by atoms with E-state index >= 15 is 0 Å². The Bertz CT molecular complexity index is 117. The summed E-state index contributed by atoms with van der Waals surface area (Å²) in [6.07, 6.45) is 0. The van der Waals surface area contributed by atoms with Crippen LogP contribution in [0.5, 0.6) is 0 Å². The minimum atomic E-state index is -4.07. The number of hydrogen-bond donors (Lipinski definition) is 0. The summed E-state index contributed by atoms with van der Waals surface area (Å²) in [6.45, 7) is 0. The molecule has 0 aliphatic rings. The van der Waals surface area contributed by atoms with Crippen LogP contribution in [0.15, 0.2) is 0 Å². The summed E-state index contributed by atoms with van der Waals surface area (Å²) in [5.41, 5.74) is 0. The molecule has 0 atom stereocenters. The van der Waals surface area contributed by atoms with Crippen LogP contribution in [-0.2, 0) is 0 Å². The molecule has 0 aromatic rings. The van der Waals surface area contributed by atoms with Crippen molar-refractivity contribution in [2.45, 2.75) is 6.05 Å². The van der Waals surface area contributed by atoms with E-state index in [0.29, 0.717) is 6.07 Å². The average molecular weight is 189 g/mol. The molecule has 0 saturated heterocycles. The van der Waals surface area contributed by atoms with Gasteiger partial charge in [-0.3, -0.25) is 0 Å². The number of hydrogen-bond acceptors (Lipinski definition) is 2. The van der Waals surface area contributed by atoms with Crippen LogP contribution in [0, 0.1) is 11.3 Å². The van der Waals surface area contributed by atoms with E-state index in [-0.39, 0.29) is 0 Å². The molecule has 0 heterocycles. The second kappa shape index (κ2) is 2.33. The molecule has 2 nitrogen and oxygen atoms in total. The topological polar surface area (TPSA) is 27.0 Å². The maximum Gasteiger partial charge on any atom is 0.428 e. The molecule has 0 spiro atoms. The largest absolute Gasteiger partial charge is 0.428 e. The van der Waals surface area contributed by atoms with Crippen LogP contribution < -0.4 is 0 Å². The van der Waals surface area contributed by atoms with Crippen LogP contribution in [0.1, 0.15) is 0 Å². The quantitative estimate of drug-likeness (QED) is 0.462. The SMILES string of the molecule is N#CC(F)(F)N(F)Br. The lowest BCUT2D eigenvalue weighted by atomic mass is 10.7. The fraction of sp³-hybridized carbons (Fsp3) is 0.500. The van der Waals surface area contributed by atoms with Crippen molar-refractivity contribution in [2.24, 2.45) is 0 Å². The maximum absolute atomic E-state index is 11.4. The Morgan fingerprint density at radius 2 is 2.00 bits per heavy atom. The van der Waals surface area contributed by atoms with Gasteiger partial charge in [-0.15, -0.1) is 4.48 Å². The Morgan fingerprint density at radius 1 is 1.62 bits per heavy atom. The van der Waals surface area contributed by atoms with E-state index < -0.39 is 10.2 Å². The summed E-state index contributed by atoms with van der Waals surface area (Å²) in [6, 6.07) is -3.66. The lowest BCUT2D eigenvalue weighted by molar-refractivity contribution is -0.120. The third-order valence-electron chi connectivity index (χ3n) is 0.347. The Balaban J connectivity index is 3.97. The van der Waals surface area contributed by atoms with Gasteiger partial charge in [0.1, 0.15) is 0 Å². The number of rotatable bonds is 1. The summed E-state index contributed by atoms with van der Waals surface area (Å²) < 4.78 is 33.0. The lowest BCUT2D eigenvalue weighted by Gasteiger charge is -2.06. The van der Waals surface area contributed by atoms with Gasteiger partial charge in [-0.25, -0.2) is 0 Å². The molecule has 0 unspecified atom stereocenters. The van der Waals surface area contributed by atoms with Crippen molar-refractivity contribution in [3.05, 3.63) is 0 Å². The fourth-order valence-electron chi connectivity index (χ4n) is 0.0378. The maximum atomic E-state index is 11.4. The molecule has 0 aliphatic carbocycles. The molecule has 0 saturated carbocycles. The average Bonchev–Trinajstić information content (AvgIpc) is 1.67. The van der Waals surface area contributed by atoms with Crippen molar-refractivity contribution in [3.63, 3.8) is 0 Å². The molecule has 0 aliphatic heterocycles. The molecule has 0 bridgehead atoms. The number of alkyl halides is 2. The number of nitrogens with zero attached hydrogens (tertiary/aromatic N) is 2. The number of halogens is 4. The summed E-state index contributed by atoms with van der Waals surface area (Å²) in [5, 5.41) is 7.45. The van der Waals surface area contributed by atoms with Crippen LogP contribution >= 0.6 is 16.1 Å². The molecular weight excluding hydrogens is 189 g/mol. The van der Waals surface area contributed by atoms with Gasteiger partial charge in [0.15, 0.2) is 6.07 Å². The number of nitriles is 1. The van der Waals surface area contributed by atoms with Crippen molar-refractivity contribution >= 4 is 16.1 Å². The van der Waals surface area contributed by atoms with Crippen LogP contribution in [-0.4, -0.2) is 10.2 Å². The summed E-state index contributed by atoms with van der Waals surface area (Å²) >= 11 is 1.75. The third kappa shape index (κ3) is 1.68. The second-order valence-corrected chi connectivity index (χ2v) is 1.51. The highest BCUT2D eigenvalue weighted by Gasteiger charge is 2.36. The van der Waals surface area contributed by atoms with Gasteiger partial charge in [0.25, 0.3) is 0 Å². The van der Waals surface area contributed by atoms with E-state index in [4.69, 9.17) is 5.26 Å². The summed E-state index contributed by atoms with van der Waals surface area (Å²) in [7, 11) is 0. The molecular formula is C2BrF3N2. The van der Waals surface area contributed by atoms with Gasteiger partial charge < -0.3 is 0 Å². The molecule has 0 fully saturated rings. The minimum Gasteiger partial charge on any atom is -0.190 e. The van der Waals surface area contributed by atoms with E-state index in [1.165, 1.54) is 0 Å². The van der Waals surface area contributed by atoms with Crippen molar-refractivity contribution in [2.75, 3.05) is 0 Å². The predicted molar refractivity (Wildman–Crippen MR) is 22.4 cm³/mol. The monoisotopic (exact) mass is 188 g/mol. The standard InChI is InChI=1S/C2BrF3N2/c3-8(6)2(4,5)1-7. The molecule has 46 valence electrons. The molecule has 6 heteroatoms. The zero-order chi connectivity index (χ0) is 6.78. The Kier molecular flexibility index (Phi) is 2.25. The van der Waals surface area contributed by atoms with Gasteiger partial charge in [-0.05, 0) is 0 Å². The zero-order valence-corrected chi connectivity index (χ0v) is 4.99. The minimum absolute atomic E-state index is 0.411. The van der Waals surface area contributed by atoms with E-state index in [0.717, 1.165) is 0 Å². The van der Waals surface area contributed by atoms with Crippen LogP contribution in [0.3, 0.4) is 0 Å². The summed E-state index contributed by atoms with van der Waals surface area (Å²) in [4.78, 5) is 0. The molecule has 0 aromatic carbocycles. The van der Waals surface area contributed by atoms with Gasteiger partial charge in [-0.1, -0.05) is 0 Å². The van der Waals surface area contributed by atoms with Crippen molar-refractivity contribution in [3.8, 4) is 6.07 Å².